The lowest BCUT2D eigenvalue weighted by Crippen LogP contribution is -2.39. The highest BCUT2D eigenvalue weighted by Gasteiger charge is 2.28. The number of hydrogen-bond donors (Lipinski definition) is 0. The van der Waals surface area contributed by atoms with Crippen LogP contribution in [-0.2, 0) is 9.53 Å². The average Bonchev–Trinajstić information content (AvgIpc) is 2.24. The highest BCUT2D eigenvalue weighted by Crippen LogP contribution is 2.21. The Morgan fingerprint density at radius 2 is 2.00 bits per heavy atom. The highest BCUT2D eigenvalue weighted by atomic mass is 16.6. The minimum Gasteiger partial charge on any atom is -0.460 e. The standard InChI is InChI=1S/C13H24N2O2/c1-13(2,3)17-12(16)11-5-8-15(9-6-11)10-7-14-4/h7,11H,5-6,8-10H2,1-4H3. The Kier molecular flexibility index (Phi) is 5.12. The topological polar surface area (TPSA) is 41.9 Å². The van der Waals surface area contributed by atoms with E-state index in [2.05, 4.69) is 9.89 Å². The van der Waals surface area contributed by atoms with Gasteiger partial charge in [0.05, 0.1) is 5.92 Å². The molecule has 1 aliphatic heterocycles. The van der Waals surface area contributed by atoms with Crippen LogP contribution in [0.4, 0.5) is 0 Å². The van der Waals surface area contributed by atoms with Gasteiger partial charge in [0.25, 0.3) is 0 Å². The van der Waals surface area contributed by atoms with Gasteiger partial charge in [0.2, 0.25) is 0 Å². The van der Waals surface area contributed by atoms with Crippen molar-refractivity contribution >= 4 is 12.2 Å². The molecule has 0 aromatic rings. The van der Waals surface area contributed by atoms with Crippen LogP contribution in [0.15, 0.2) is 4.99 Å². The quantitative estimate of drug-likeness (QED) is 0.557. The molecule has 0 aromatic carbocycles. The molecule has 0 spiro atoms. The second kappa shape index (κ2) is 6.15. The van der Waals surface area contributed by atoms with Crippen molar-refractivity contribution < 1.29 is 9.53 Å². The molecule has 98 valence electrons. The zero-order chi connectivity index (χ0) is 12.9. The predicted octanol–water partition coefficient (Wildman–Crippen LogP) is 1.74. The van der Waals surface area contributed by atoms with E-state index in [0.29, 0.717) is 0 Å². The van der Waals surface area contributed by atoms with Crippen molar-refractivity contribution in [3.05, 3.63) is 0 Å². The van der Waals surface area contributed by atoms with Gasteiger partial charge in [-0.05, 0) is 46.7 Å². The van der Waals surface area contributed by atoms with Crippen LogP contribution < -0.4 is 0 Å². The fourth-order valence-electron chi connectivity index (χ4n) is 1.93. The van der Waals surface area contributed by atoms with E-state index in [9.17, 15) is 4.79 Å². The van der Waals surface area contributed by atoms with Gasteiger partial charge in [-0.15, -0.1) is 0 Å². The number of piperidine rings is 1. The molecule has 1 rings (SSSR count). The first kappa shape index (κ1) is 14.2. The number of likely N-dealkylation sites (tertiary alicyclic amines) is 1. The Labute approximate surface area is 104 Å². The molecule has 17 heavy (non-hydrogen) atoms. The smallest absolute Gasteiger partial charge is 0.309 e. The van der Waals surface area contributed by atoms with Gasteiger partial charge in [-0.3, -0.25) is 14.7 Å². The molecule has 0 atom stereocenters. The first-order chi connectivity index (χ1) is 7.92. The summed E-state index contributed by atoms with van der Waals surface area (Å²) in [6.45, 7) is 8.54. The zero-order valence-corrected chi connectivity index (χ0v) is 11.4. The van der Waals surface area contributed by atoms with Gasteiger partial charge in [0, 0.05) is 19.8 Å². The number of ether oxygens (including phenoxy) is 1. The lowest BCUT2D eigenvalue weighted by Gasteiger charge is -2.31. The lowest BCUT2D eigenvalue weighted by molar-refractivity contribution is -0.161. The summed E-state index contributed by atoms with van der Waals surface area (Å²) in [5.41, 5.74) is -0.372. The molecule has 0 saturated carbocycles. The number of carbonyl (C=O) groups excluding carboxylic acids is 1. The summed E-state index contributed by atoms with van der Waals surface area (Å²) in [4.78, 5) is 18.2. The number of carbonyl (C=O) groups is 1. The van der Waals surface area contributed by atoms with E-state index < -0.39 is 0 Å². The van der Waals surface area contributed by atoms with Crippen LogP contribution in [0, 0.1) is 5.92 Å². The van der Waals surface area contributed by atoms with Gasteiger partial charge >= 0.3 is 5.97 Å². The first-order valence-electron chi connectivity index (χ1n) is 6.28. The van der Waals surface area contributed by atoms with Crippen molar-refractivity contribution in [3.8, 4) is 0 Å². The fraction of sp³-hybridized carbons (Fsp3) is 0.846. The van der Waals surface area contributed by atoms with Crippen LogP contribution in [0.25, 0.3) is 0 Å². The summed E-state index contributed by atoms with van der Waals surface area (Å²) in [6.07, 6.45) is 3.70. The van der Waals surface area contributed by atoms with Gasteiger partial charge in [-0.2, -0.15) is 0 Å². The first-order valence-corrected chi connectivity index (χ1v) is 6.28. The minimum absolute atomic E-state index is 0.0405. The van der Waals surface area contributed by atoms with Crippen LogP contribution in [0.2, 0.25) is 0 Å². The molecule has 0 N–H and O–H groups in total. The largest absolute Gasteiger partial charge is 0.460 e. The normalized spacial score (nSPS) is 19.8. The fourth-order valence-corrected chi connectivity index (χ4v) is 1.93. The van der Waals surface area contributed by atoms with Gasteiger partial charge in [-0.25, -0.2) is 0 Å². The molecular formula is C13H24N2O2. The van der Waals surface area contributed by atoms with E-state index in [1.807, 2.05) is 27.0 Å². The predicted molar refractivity (Wildman–Crippen MR) is 69.4 cm³/mol. The van der Waals surface area contributed by atoms with Crippen LogP contribution in [0.5, 0.6) is 0 Å². The maximum atomic E-state index is 11.9. The Balaban J connectivity index is 2.34. The number of aliphatic imine (C=N–C) groups is 1. The van der Waals surface area contributed by atoms with Crippen LogP contribution in [0.3, 0.4) is 0 Å². The monoisotopic (exact) mass is 240 g/mol. The Bertz CT molecular complexity index is 274. The average molecular weight is 240 g/mol. The second-order valence-corrected chi connectivity index (χ2v) is 5.55. The second-order valence-electron chi connectivity index (χ2n) is 5.55. The summed E-state index contributed by atoms with van der Waals surface area (Å²) < 4.78 is 5.41. The molecular weight excluding hydrogens is 216 g/mol. The summed E-state index contributed by atoms with van der Waals surface area (Å²) in [7, 11) is 1.79. The molecule has 1 heterocycles. The van der Waals surface area contributed by atoms with Crippen molar-refractivity contribution in [2.45, 2.75) is 39.2 Å². The Morgan fingerprint density at radius 1 is 1.41 bits per heavy atom. The molecule has 0 unspecified atom stereocenters. The SMILES string of the molecule is CN=CCN1CCC(C(=O)OC(C)(C)C)CC1. The van der Waals surface area contributed by atoms with Crippen LogP contribution in [0.1, 0.15) is 33.6 Å². The molecule has 1 saturated heterocycles. The molecule has 0 radical (unpaired) electrons. The number of nitrogens with zero attached hydrogens (tertiary/aromatic N) is 2. The molecule has 0 aromatic heterocycles. The van der Waals surface area contributed by atoms with E-state index >= 15 is 0 Å². The van der Waals surface area contributed by atoms with Gasteiger partial charge in [0.15, 0.2) is 0 Å². The molecule has 1 aliphatic rings. The van der Waals surface area contributed by atoms with E-state index in [-0.39, 0.29) is 17.5 Å². The summed E-state index contributed by atoms with van der Waals surface area (Å²) in [5.74, 6) is 0.0327. The van der Waals surface area contributed by atoms with E-state index in [4.69, 9.17) is 4.74 Å². The molecule has 4 heteroatoms. The Morgan fingerprint density at radius 3 is 2.47 bits per heavy atom. The van der Waals surface area contributed by atoms with Gasteiger partial charge in [0.1, 0.15) is 5.60 Å². The minimum atomic E-state index is -0.372. The van der Waals surface area contributed by atoms with E-state index in [1.165, 1.54) is 0 Å². The third-order valence-corrected chi connectivity index (χ3v) is 2.85. The van der Waals surface area contributed by atoms with E-state index in [1.54, 1.807) is 7.05 Å². The van der Waals surface area contributed by atoms with Crippen molar-refractivity contribution in [2.24, 2.45) is 10.9 Å². The molecule has 1 fully saturated rings. The number of esters is 1. The molecule has 4 nitrogen and oxygen atoms in total. The van der Waals surface area contributed by atoms with Gasteiger partial charge < -0.3 is 4.74 Å². The van der Waals surface area contributed by atoms with Crippen molar-refractivity contribution in [2.75, 3.05) is 26.7 Å². The number of hydrogen-bond acceptors (Lipinski definition) is 4. The lowest BCUT2D eigenvalue weighted by atomic mass is 9.97. The van der Waals surface area contributed by atoms with Crippen molar-refractivity contribution in [1.82, 2.24) is 4.90 Å². The highest BCUT2D eigenvalue weighted by molar-refractivity contribution is 5.73. The number of rotatable bonds is 3. The van der Waals surface area contributed by atoms with E-state index in [0.717, 1.165) is 32.5 Å². The molecule has 0 aliphatic carbocycles. The van der Waals surface area contributed by atoms with Gasteiger partial charge in [-0.1, -0.05) is 0 Å². The van der Waals surface area contributed by atoms with Crippen LogP contribution in [-0.4, -0.2) is 49.4 Å². The third-order valence-electron chi connectivity index (χ3n) is 2.85. The summed E-state index contributed by atoms with van der Waals surface area (Å²) in [6, 6.07) is 0. The summed E-state index contributed by atoms with van der Waals surface area (Å²) in [5, 5.41) is 0. The zero-order valence-electron chi connectivity index (χ0n) is 11.4. The Hall–Kier alpha value is -0.900. The van der Waals surface area contributed by atoms with Crippen molar-refractivity contribution in [1.29, 1.82) is 0 Å². The van der Waals surface area contributed by atoms with Crippen molar-refractivity contribution in [3.63, 3.8) is 0 Å². The third kappa shape index (κ3) is 5.31. The maximum Gasteiger partial charge on any atom is 0.309 e. The molecule has 0 bridgehead atoms. The summed E-state index contributed by atoms with van der Waals surface area (Å²) >= 11 is 0. The molecule has 0 amide bonds. The maximum absolute atomic E-state index is 11.9. The van der Waals surface area contributed by atoms with Crippen LogP contribution >= 0.6 is 0 Å².